The molecule has 1 heterocycles. The number of carbonyl (C=O) groups excluding carboxylic acids is 2. The van der Waals surface area contributed by atoms with Gasteiger partial charge in [-0.2, -0.15) is 0 Å². The van der Waals surface area contributed by atoms with E-state index in [1.54, 1.807) is 0 Å². The Morgan fingerprint density at radius 3 is 2.74 bits per heavy atom. The first-order valence-electron chi connectivity index (χ1n) is 5.46. The van der Waals surface area contributed by atoms with E-state index >= 15 is 0 Å². The van der Waals surface area contributed by atoms with Gasteiger partial charge in [-0.05, 0) is 6.08 Å². The molecule has 0 bridgehead atoms. The molecule has 0 aliphatic carbocycles. The minimum atomic E-state index is -1.26. The number of hydrogen-bond acceptors (Lipinski definition) is 4. The van der Waals surface area contributed by atoms with Gasteiger partial charge in [-0.25, -0.2) is 9.78 Å². The molecule has 1 aromatic rings. The van der Waals surface area contributed by atoms with Crippen LogP contribution in [0.3, 0.4) is 0 Å². The van der Waals surface area contributed by atoms with E-state index in [2.05, 4.69) is 20.6 Å². The monoisotopic (exact) mass is 266 g/mol. The first-order chi connectivity index (χ1) is 8.99. The SMILES string of the molecule is CC(=O)NCCC(=O)N/C(=C/c1cnc[nH]1)C(=O)O. The lowest BCUT2D eigenvalue weighted by atomic mass is 10.3. The average molecular weight is 266 g/mol. The Bertz CT molecular complexity index is 493. The molecule has 0 radical (unpaired) electrons. The lowest BCUT2D eigenvalue weighted by Crippen LogP contribution is -2.31. The van der Waals surface area contributed by atoms with Gasteiger partial charge in [-0.1, -0.05) is 0 Å². The minimum Gasteiger partial charge on any atom is -0.477 e. The van der Waals surface area contributed by atoms with Crippen LogP contribution in [0.25, 0.3) is 6.08 Å². The summed E-state index contributed by atoms with van der Waals surface area (Å²) in [5, 5.41) is 13.6. The zero-order valence-corrected chi connectivity index (χ0v) is 10.3. The van der Waals surface area contributed by atoms with Gasteiger partial charge in [0.05, 0.1) is 18.2 Å². The number of rotatable bonds is 6. The van der Waals surface area contributed by atoms with Crippen molar-refractivity contribution >= 4 is 23.9 Å². The molecule has 0 unspecified atom stereocenters. The second-order valence-corrected chi connectivity index (χ2v) is 3.65. The number of aromatic amines is 1. The van der Waals surface area contributed by atoms with Crippen LogP contribution in [-0.4, -0.2) is 39.4 Å². The maximum Gasteiger partial charge on any atom is 0.352 e. The van der Waals surface area contributed by atoms with E-state index in [9.17, 15) is 14.4 Å². The topological polar surface area (TPSA) is 124 Å². The number of nitrogens with one attached hydrogen (secondary N) is 3. The molecule has 0 spiro atoms. The van der Waals surface area contributed by atoms with E-state index < -0.39 is 11.9 Å². The highest BCUT2D eigenvalue weighted by molar-refractivity contribution is 5.96. The number of imidazole rings is 1. The molecule has 0 aromatic carbocycles. The summed E-state index contributed by atoms with van der Waals surface area (Å²) in [7, 11) is 0. The molecule has 2 amide bonds. The number of carboxylic acid groups (broad SMARTS) is 1. The fourth-order valence-corrected chi connectivity index (χ4v) is 1.22. The van der Waals surface area contributed by atoms with Crippen LogP contribution in [0.4, 0.5) is 0 Å². The molecule has 0 atom stereocenters. The fourth-order valence-electron chi connectivity index (χ4n) is 1.22. The molecule has 0 aliphatic heterocycles. The summed E-state index contributed by atoms with van der Waals surface area (Å²) in [6.07, 6.45) is 4.06. The minimum absolute atomic E-state index is 0.00677. The van der Waals surface area contributed by atoms with Crippen LogP contribution in [0.1, 0.15) is 19.0 Å². The summed E-state index contributed by atoms with van der Waals surface area (Å²) in [6.45, 7) is 1.48. The summed E-state index contributed by atoms with van der Waals surface area (Å²) in [5.41, 5.74) is 0.191. The van der Waals surface area contributed by atoms with Crippen LogP contribution in [0, 0.1) is 0 Å². The molecular weight excluding hydrogens is 252 g/mol. The lowest BCUT2D eigenvalue weighted by Gasteiger charge is -2.06. The molecule has 1 aromatic heterocycles. The number of aliphatic carboxylic acids is 1. The third kappa shape index (κ3) is 5.48. The lowest BCUT2D eigenvalue weighted by molar-refractivity contribution is -0.134. The van der Waals surface area contributed by atoms with Crippen molar-refractivity contribution in [3.63, 3.8) is 0 Å². The van der Waals surface area contributed by atoms with E-state index in [1.807, 2.05) is 0 Å². The number of hydrogen-bond donors (Lipinski definition) is 4. The summed E-state index contributed by atoms with van der Waals surface area (Å²) >= 11 is 0. The van der Waals surface area contributed by atoms with Gasteiger partial charge in [0.25, 0.3) is 0 Å². The number of nitrogens with zero attached hydrogens (tertiary/aromatic N) is 1. The van der Waals surface area contributed by atoms with Gasteiger partial charge in [0.15, 0.2) is 0 Å². The van der Waals surface area contributed by atoms with Crippen molar-refractivity contribution in [2.24, 2.45) is 0 Å². The Balaban J connectivity index is 2.57. The maximum absolute atomic E-state index is 11.5. The first-order valence-corrected chi connectivity index (χ1v) is 5.46. The predicted molar refractivity (Wildman–Crippen MR) is 65.6 cm³/mol. The van der Waals surface area contributed by atoms with Crippen molar-refractivity contribution in [2.75, 3.05) is 6.54 Å². The summed E-state index contributed by atoms with van der Waals surface area (Å²) < 4.78 is 0. The van der Waals surface area contributed by atoms with Gasteiger partial charge in [0.1, 0.15) is 5.70 Å². The molecule has 8 nitrogen and oxygen atoms in total. The maximum atomic E-state index is 11.5. The van der Waals surface area contributed by atoms with Crippen molar-refractivity contribution in [3.8, 4) is 0 Å². The quantitative estimate of drug-likeness (QED) is 0.515. The third-order valence-corrected chi connectivity index (χ3v) is 2.05. The highest BCUT2D eigenvalue weighted by Crippen LogP contribution is 2.01. The van der Waals surface area contributed by atoms with E-state index in [0.29, 0.717) is 5.69 Å². The summed E-state index contributed by atoms with van der Waals surface area (Å²) in [4.78, 5) is 39.5. The highest BCUT2D eigenvalue weighted by Gasteiger charge is 2.11. The smallest absolute Gasteiger partial charge is 0.352 e. The zero-order valence-electron chi connectivity index (χ0n) is 10.3. The molecule has 0 saturated heterocycles. The molecular formula is C11H14N4O4. The molecule has 102 valence electrons. The van der Waals surface area contributed by atoms with Crippen LogP contribution >= 0.6 is 0 Å². The Kier molecular flexibility index (Phi) is 5.27. The van der Waals surface area contributed by atoms with Crippen molar-refractivity contribution in [2.45, 2.75) is 13.3 Å². The molecule has 1 rings (SSSR count). The van der Waals surface area contributed by atoms with Gasteiger partial charge in [-0.3, -0.25) is 9.59 Å². The molecule has 8 heteroatoms. The number of H-pyrrole nitrogens is 1. The predicted octanol–water partition coefficient (Wildman–Crippen LogP) is -0.522. The Labute approximate surface area is 108 Å². The normalized spacial score (nSPS) is 10.9. The Hall–Kier alpha value is -2.64. The highest BCUT2D eigenvalue weighted by atomic mass is 16.4. The molecule has 0 fully saturated rings. The second kappa shape index (κ2) is 6.94. The Morgan fingerprint density at radius 1 is 1.47 bits per heavy atom. The fraction of sp³-hybridized carbons (Fsp3) is 0.273. The molecule has 19 heavy (non-hydrogen) atoms. The van der Waals surface area contributed by atoms with Crippen LogP contribution in [0.15, 0.2) is 18.2 Å². The van der Waals surface area contributed by atoms with Gasteiger partial charge in [0.2, 0.25) is 11.8 Å². The number of carboxylic acids is 1. The summed E-state index contributed by atoms with van der Waals surface area (Å²) in [6, 6.07) is 0. The van der Waals surface area contributed by atoms with Gasteiger partial charge < -0.3 is 20.7 Å². The zero-order chi connectivity index (χ0) is 14.3. The van der Waals surface area contributed by atoms with Crippen LogP contribution in [0.2, 0.25) is 0 Å². The Morgan fingerprint density at radius 2 is 2.21 bits per heavy atom. The second-order valence-electron chi connectivity index (χ2n) is 3.65. The van der Waals surface area contributed by atoms with Gasteiger partial charge in [0, 0.05) is 19.9 Å². The average Bonchev–Trinajstić information content (AvgIpc) is 2.80. The first kappa shape index (κ1) is 14.4. The van der Waals surface area contributed by atoms with Crippen molar-refractivity contribution in [1.82, 2.24) is 20.6 Å². The van der Waals surface area contributed by atoms with Crippen LogP contribution in [-0.2, 0) is 14.4 Å². The molecule has 0 aliphatic rings. The summed E-state index contributed by atoms with van der Waals surface area (Å²) in [5.74, 6) is -2.01. The van der Waals surface area contributed by atoms with Crippen molar-refractivity contribution < 1.29 is 19.5 Å². The standard InChI is InChI=1S/C11H14N4O4/c1-7(16)13-3-2-10(17)15-9(11(18)19)4-8-5-12-6-14-8/h4-6H,2-3H2,1H3,(H,12,14)(H,13,16)(H,15,17)(H,18,19)/b9-4+. The van der Waals surface area contributed by atoms with E-state index in [-0.39, 0.29) is 24.6 Å². The largest absolute Gasteiger partial charge is 0.477 e. The third-order valence-electron chi connectivity index (χ3n) is 2.05. The van der Waals surface area contributed by atoms with Crippen LogP contribution < -0.4 is 10.6 Å². The number of amides is 2. The van der Waals surface area contributed by atoms with Gasteiger partial charge >= 0.3 is 5.97 Å². The molecule has 4 N–H and O–H groups in total. The van der Waals surface area contributed by atoms with Crippen molar-refractivity contribution in [1.29, 1.82) is 0 Å². The van der Waals surface area contributed by atoms with E-state index in [4.69, 9.17) is 5.11 Å². The van der Waals surface area contributed by atoms with E-state index in [1.165, 1.54) is 25.5 Å². The molecule has 0 saturated carbocycles. The number of carbonyl (C=O) groups is 3. The van der Waals surface area contributed by atoms with E-state index in [0.717, 1.165) is 0 Å². The van der Waals surface area contributed by atoms with Crippen LogP contribution in [0.5, 0.6) is 0 Å². The van der Waals surface area contributed by atoms with Gasteiger partial charge in [-0.15, -0.1) is 0 Å². The number of aromatic nitrogens is 2. The van der Waals surface area contributed by atoms with Crippen molar-refractivity contribution in [3.05, 3.63) is 23.9 Å².